The molecule has 68 valence electrons. The van der Waals surface area contributed by atoms with Crippen LogP contribution in [0.25, 0.3) is 0 Å². The summed E-state index contributed by atoms with van der Waals surface area (Å²) in [5.41, 5.74) is 0. The fourth-order valence-corrected chi connectivity index (χ4v) is 1.47. The minimum absolute atomic E-state index is 0.00523. The maximum absolute atomic E-state index is 11.4. The Morgan fingerprint density at radius 3 is 1.92 bits per heavy atom. The van der Waals surface area contributed by atoms with Gasteiger partial charge in [-0.3, -0.25) is 14.5 Å². The molecular formula is C9H15NO2. The van der Waals surface area contributed by atoms with Gasteiger partial charge in [0.1, 0.15) is 0 Å². The van der Waals surface area contributed by atoms with Gasteiger partial charge in [-0.25, -0.2) is 0 Å². The SMILES string of the molecule is CCCN1C(=O)C(C)C(C)C1=O. The molecule has 1 aliphatic heterocycles. The molecule has 1 saturated heterocycles. The van der Waals surface area contributed by atoms with Crippen LogP contribution in [-0.2, 0) is 9.59 Å². The van der Waals surface area contributed by atoms with Crippen molar-refractivity contribution in [3.63, 3.8) is 0 Å². The van der Waals surface area contributed by atoms with E-state index in [1.807, 2.05) is 20.8 Å². The molecule has 0 aliphatic carbocycles. The van der Waals surface area contributed by atoms with Gasteiger partial charge in [0.05, 0.1) is 0 Å². The van der Waals surface area contributed by atoms with Crippen LogP contribution < -0.4 is 0 Å². The Morgan fingerprint density at radius 1 is 1.17 bits per heavy atom. The molecule has 12 heavy (non-hydrogen) atoms. The standard InChI is InChI=1S/C9H15NO2/c1-4-5-10-8(11)6(2)7(3)9(10)12/h6-7H,4-5H2,1-3H3. The lowest BCUT2D eigenvalue weighted by Crippen LogP contribution is -2.31. The maximum atomic E-state index is 11.4. The van der Waals surface area contributed by atoms with Crippen molar-refractivity contribution in [2.75, 3.05) is 6.54 Å². The first-order chi connectivity index (χ1) is 5.59. The first-order valence-electron chi connectivity index (χ1n) is 4.44. The second-order valence-corrected chi connectivity index (χ2v) is 3.41. The highest BCUT2D eigenvalue weighted by Crippen LogP contribution is 2.24. The molecule has 1 aliphatic rings. The van der Waals surface area contributed by atoms with E-state index in [4.69, 9.17) is 0 Å². The Morgan fingerprint density at radius 2 is 1.58 bits per heavy atom. The predicted molar refractivity (Wildman–Crippen MR) is 45.3 cm³/mol. The normalized spacial score (nSPS) is 30.1. The molecule has 0 spiro atoms. The highest BCUT2D eigenvalue weighted by molar-refractivity contribution is 6.04. The summed E-state index contributed by atoms with van der Waals surface area (Å²) in [5, 5.41) is 0. The minimum atomic E-state index is -0.121. The van der Waals surface area contributed by atoms with Gasteiger partial charge in [-0.2, -0.15) is 0 Å². The zero-order valence-electron chi connectivity index (χ0n) is 7.83. The van der Waals surface area contributed by atoms with Crippen LogP contribution in [0.3, 0.4) is 0 Å². The summed E-state index contributed by atoms with van der Waals surface area (Å²) in [5.74, 6) is -0.253. The van der Waals surface area contributed by atoms with E-state index in [-0.39, 0.29) is 23.7 Å². The molecule has 0 N–H and O–H groups in total. The molecule has 0 aromatic rings. The highest BCUT2D eigenvalue weighted by Gasteiger charge is 2.41. The summed E-state index contributed by atoms with van der Waals surface area (Å²) in [7, 11) is 0. The average molecular weight is 169 g/mol. The van der Waals surface area contributed by atoms with Crippen LogP contribution in [0.2, 0.25) is 0 Å². The molecule has 3 heteroatoms. The summed E-state index contributed by atoms with van der Waals surface area (Å²) in [4.78, 5) is 24.2. The van der Waals surface area contributed by atoms with E-state index in [2.05, 4.69) is 0 Å². The number of rotatable bonds is 2. The fraction of sp³-hybridized carbons (Fsp3) is 0.778. The molecule has 2 amide bonds. The van der Waals surface area contributed by atoms with Gasteiger partial charge in [0.2, 0.25) is 11.8 Å². The van der Waals surface area contributed by atoms with Gasteiger partial charge in [0, 0.05) is 18.4 Å². The van der Waals surface area contributed by atoms with Crippen molar-refractivity contribution in [1.29, 1.82) is 0 Å². The number of hydrogen-bond acceptors (Lipinski definition) is 2. The van der Waals surface area contributed by atoms with Gasteiger partial charge < -0.3 is 0 Å². The summed E-state index contributed by atoms with van der Waals surface area (Å²) in [6.45, 7) is 6.18. The molecule has 0 saturated carbocycles. The second-order valence-electron chi connectivity index (χ2n) is 3.41. The Bertz CT molecular complexity index is 193. The Kier molecular flexibility index (Phi) is 2.50. The van der Waals surface area contributed by atoms with Crippen molar-refractivity contribution >= 4 is 11.8 Å². The molecule has 2 unspecified atom stereocenters. The summed E-state index contributed by atoms with van der Waals surface area (Å²) in [6.07, 6.45) is 0.844. The predicted octanol–water partition coefficient (Wildman–Crippen LogP) is 1.04. The molecule has 0 bridgehead atoms. The molecule has 1 rings (SSSR count). The molecule has 3 nitrogen and oxygen atoms in total. The van der Waals surface area contributed by atoms with E-state index >= 15 is 0 Å². The van der Waals surface area contributed by atoms with Crippen molar-refractivity contribution < 1.29 is 9.59 Å². The van der Waals surface area contributed by atoms with Crippen molar-refractivity contribution in [2.45, 2.75) is 27.2 Å². The van der Waals surface area contributed by atoms with E-state index < -0.39 is 0 Å². The van der Waals surface area contributed by atoms with Crippen LogP contribution in [0.15, 0.2) is 0 Å². The van der Waals surface area contributed by atoms with Gasteiger partial charge in [-0.15, -0.1) is 0 Å². The van der Waals surface area contributed by atoms with Crippen molar-refractivity contribution in [3.05, 3.63) is 0 Å². The van der Waals surface area contributed by atoms with Crippen molar-refractivity contribution in [1.82, 2.24) is 4.90 Å². The zero-order chi connectivity index (χ0) is 9.30. The Hall–Kier alpha value is -0.860. The third-order valence-electron chi connectivity index (χ3n) is 2.51. The van der Waals surface area contributed by atoms with E-state index in [0.29, 0.717) is 6.54 Å². The van der Waals surface area contributed by atoms with E-state index in [1.54, 1.807) is 0 Å². The van der Waals surface area contributed by atoms with Crippen molar-refractivity contribution in [2.24, 2.45) is 11.8 Å². The molecule has 0 radical (unpaired) electrons. The third-order valence-corrected chi connectivity index (χ3v) is 2.51. The Balaban J connectivity index is 2.76. The number of carbonyl (C=O) groups is 2. The number of amides is 2. The Labute approximate surface area is 72.7 Å². The van der Waals surface area contributed by atoms with Crippen LogP contribution in [0.1, 0.15) is 27.2 Å². The van der Waals surface area contributed by atoms with Gasteiger partial charge in [-0.1, -0.05) is 20.8 Å². The molecular weight excluding hydrogens is 154 g/mol. The molecule has 0 aromatic heterocycles. The second kappa shape index (κ2) is 3.25. The van der Waals surface area contributed by atoms with Crippen LogP contribution >= 0.6 is 0 Å². The first-order valence-corrected chi connectivity index (χ1v) is 4.44. The summed E-state index contributed by atoms with van der Waals surface area (Å²) < 4.78 is 0. The van der Waals surface area contributed by atoms with Gasteiger partial charge >= 0.3 is 0 Å². The largest absolute Gasteiger partial charge is 0.282 e. The van der Waals surface area contributed by atoms with E-state index in [0.717, 1.165) is 6.42 Å². The first kappa shape index (κ1) is 9.23. The molecule has 0 aromatic carbocycles. The average Bonchev–Trinajstić information content (AvgIpc) is 2.23. The number of likely N-dealkylation sites (tertiary alicyclic amines) is 1. The van der Waals surface area contributed by atoms with E-state index in [9.17, 15) is 9.59 Å². The number of imide groups is 1. The maximum Gasteiger partial charge on any atom is 0.232 e. The van der Waals surface area contributed by atoms with Crippen LogP contribution in [-0.4, -0.2) is 23.3 Å². The number of carbonyl (C=O) groups excluding carboxylic acids is 2. The van der Waals surface area contributed by atoms with Crippen LogP contribution in [0.4, 0.5) is 0 Å². The monoisotopic (exact) mass is 169 g/mol. The van der Waals surface area contributed by atoms with Gasteiger partial charge in [0.25, 0.3) is 0 Å². The topological polar surface area (TPSA) is 37.4 Å². The summed E-state index contributed by atoms with van der Waals surface area (Å²) in [6, 6.07) is 0. The van der Waals surface area contributed by atoms with Gasteiger partial charge in [-0.05, 0) is 6.42 Å². The zero-order valence-corrected chi connectivity index (χ0v) is 7.83. The molecule has 1 fully saturated rings. The fourth-order valence-electron chi connectivity index (χ4n) is 1.47. The van der Waals surface area contributed by atoms with Crippen LogP contribution in [0.5, 0.6) is 0 Å². The lowest BCUT2D eigenvalue weighted by molar-refractivity contribution is -0.139. The number of nitrogens with zero attached hydrogens (tertiary/aromatic N) is 1. The molecule has 1 heterocycles. The highest BCUT2D eigenvalue weighted by atomic mass is 16.2. The van der Waals surface area contributed by atoms with Gasteiger partial charge in [0.15, 0.2) is 0 Å². The summed E-state index contributed by atoms with van der Waals surface area (Å²) >= 11 is 0. The van der Waals surface area contributed by atoms with Crippen molar-refractivity contribution in [3.8, 4) is 0 Å². The third kappa shape index (κ3) is 1.24. The molecule has 2 atom stereocenters. The van der Waals surface area contributed by atoms with Crippen LogP contribution in [0, 0.1) is 11.8 Å². The lowest BCUT2D eigenvalue weighted by Gasteiger charge is -2.11. The minimum Gasteiger partial charge on any atom is -0.282 e. The quantitative estimate of drug-likeness (QED) is 0.579. The van der Waals surface area contributed by atoms with E-state index in [1.165, 1.54) is 4.90 Å². The number of hydrogen-bond donors (Lipinski definition) is 0. The lowest BCUT2D eigenvalue weighted by atomic mass is 10.00. The smallest absolute Gasteiger partial charge is 0.232 e.